The third-order valence-electron chi connectivity index (χ3n) is 7.22. The molecule has 2 amide bonds. The molecule has 8 N–H and O–H groups in total. The number of hydrogen-bond acceptors (Lipinski definition) is 11. The molecule has 0 fully saturated rings. The second-order valence-corrected chi connectivity index (χ2v) is 11.3. The number of rotatable bonds is 24. The molecule has 19 nitrogen and oxygen atoms in total. The molecule has 0 aliphatic rings. The number of nitrogens with zero attached hydrogens (tertiary/aromatic N) is 3. The molecule has 0 bridgehead atoms. The summed E-state index contributed by atoms with van der Waals surface area (Å²) in [6, 6.07) is 13.2. The molecule has 2 atom stereocenters. The monoisotopic (exact) mass is 717 g/mol. The highest BCUT2D eigenvalue weighted by Gasteiger charge is 2.32. The molecule has 0 heterocycles. The van der Waals surface area contributed by atoms with Crippen molar-refractivity contribution in [2.45, 2.75) is 18.5 Å². The van der Waals surface area contributed by atoms with Crippen LogP contribution in [0.4, 0.5) is 0 Å². The molecular formula is C32H39N5O14. The Hall–Kier alpha value is -5.92. The predicted molar refractivity (Wildman–Crippen MR) is 175 cm³/mol. The smallest absolute Gasteiger partial charge is 0.326 e. The van der Waals surface area contributed by atoms with Crippen molar-refractivity contribution in [3.05, 3.63) is 60.2 Å². The highest BCUT2D eigenvalue weighted by molar-refractivity contribution is 5.90. The molecule has 51 heavy (non-hydrogen) atoms. The fourth-order valence-electron chi connectivity index (χ4n) is 4.97. The van der Waals surface area contributed by atoms with Gasteiger partial charge in [0.05, 0.1) is 39.3 Å². The number of benzene rings is 2. The van der Waals surface area contributed by atoms with Crippen molar-refractivity contribution in [3.8, 4) is 11.1 Å². The van der Waals surface area contributed by atoms with Crippen LogP contribution < -0.4 is 10.6 Å². The quantitative estimate of drug-likeness (QED) is 0.0599. The van der Waals surface area contributed by atoms with Gasteiger partial charge in [0.2, 0.25) is 11.8 Å². The van der Waals surface area contributed by atoms with Crippen molar-refractivity contribution >= 4 is 47.6 Å². The SMILES string of the molecule is O=C(O)CN(CCN(CC(=O)O)CC(C(=O)NCC(=O)N[C@@H](Cc1ccc(-c2ccccc2)cc1)C(=O)O)N(CC(=O)O)CC(=O)O)CC(=O)O. The molecule has 0 aromatic heterocycles. The fraction of sp³-hybridized carbons (Fsp3) is 0.375. The maximum atomic E-state index is 13.4. The summed E-state index contributed by atoms with van der Waals surface area (Å²) in [5.41, 5.74) is 2.40. The molecule has 0 saturated carbocycles. The van der Waals surface area contributed by atoms with Crippen molar-refractivity contribution in [1.82, 2.24) is 25.3 Å². The van der Waals surface area contributed by atoms with Gasteiger partial charge in [-0.25, -0.2) is 4.79 Å². The summed E-state index contributed by atoms with van der Waals surface area (Å²) in [6.07, 6.45) is -0.122. The average Bonchev–Trinajstić information content (AvgIpc) is 3.03. The second kappa shape index (κ2) is 20.6. The van der Waals surface area contributed by atoms with Crippen molar-refractivity contribution in [2.75, 3.05) is 58.9 Å². The Morgan fingerprint density at radius 3 is 1.55 bits per heavy atom. The first-order valence-corrected chi connectivity index (χ1v) is 15.3. The first-order chi connectivity index (χ1) is 24.0. The van der Waals surface area contributed by atoms with E-state index in [1.165, 1.54) is 0 Å². The summed E-state index contributed by atoms with van der Waals surface area (Å²) in [4.78, 5) is 98.0. The van der Waals surface area contributed by atoms with Crippen LogP contribution in [0.1, 0.15) is 5.56 Å². The summed E-state index contributed by atoms with van der Waals surface area (Å²) in [7, 11) is 0. The second-order valence-electron chi connectivity index (χ2n) is 11.3. The zero-order valence-corrected chi connectivity index (χ0v) is 27.2. The van der Waals surface area contributed by atoms with Crippen LogP contribution in [-0.4, -0.2) is 164 Å². The number of aliphatic carboxylic acids is 6. The van der Waals surface area contributed by atoms with Crippen LogP contribution in [0, 0.1) is 0 Å². The number of hydrogen-bond donors (Lipinski definition) is 8. The van der Waals surface area contributed by atoms with Gasteiger partial charge in [0.1, 0.15) is 12.1 Å². The minimum atomic E-state index is -1.71. The number of amides is 2. The molecule has 2 aromatic carbocycles. The van der Waals surface area contributed by atoms with Gasteiger partial charge in [-0.1, -0.05) is 54.6 Å². The Labute approximate surface area is 290 Å². The molecule has 0 aliphatic heterocycles. The first-order valence-electron chi connectivity index (χ1n) is 15.3. The molecule has 0 aliphatic carbocycles. The van der Waals surface area contributed by atoms with E-state index in [9.17, 15) is 58.8 Å². The standard InChI is InChI=1S/C32H39N5O14/c38-25(34-23(32(50)51)12-20-6-8-22(9-7-20)21-4-2-1-3-5-21)13-33-31(49)24(37(18-29(45)46)19-30(47)48)14-35(15-26(39)40)10-11-36(16-27(41)42)17-28(43)44/h1-9,23-24H,10-19H2,(H,33,49)(H,34,38)(H,39,40)(H,41,42)(H,43,44)(H,45,46)(H,47,48)(H,50,51)/t23-,24?/m0/s1. The highest BCUT2D eigenvalue weighted by Crippen LogP contribution is 2.19. The summed E-state index contributed by atoms with van der Waals surface area (Å²) in [5.74, 6) is -10.7. The number of nitrogens with one attached hydrogen (secondary N) is 2. The van der Waals surface area contributed by atoms with Crippen LogP contribution in [0.3, 0.4) is 0 Å². The third kappa shape index (κ3) is 15.9. The largest absolute Gasteiger partial charge is 0.480 e. The van der Waals surface area contributed by atoms with E-state index in [2.05, 4.69) is 10.6 Å². The van der Waals surface area contributed by atoms with Crippen molar-refractivity contribution in [1.29, 1.82) is 0 Å². The summed E-state index contributed by atoms with van der Waals surface area (Å²) < 4.78 is 0. The van der Waals surface area contributed by atoms with Crippen LogP contribution in [0.25, 0.3) is 11.1 Å². The molecule has 0 saturated heterocycles. The van der Waals surface area contributed by atoms with Gasteiger partial charge in [-0.2, -0.15) is 0 Å². The Bertz CT molecular complexity index is 1520. The highest BCUT2D eigenvalue weighted by atomic mass is 16.4. The third-order valence-corrected chi connectivity index (χ3v) is 7.22. The van der Waals surface area contributed by atoms with E-state index in [-0.39, 0.29) is 19.5 Å². The lowest BCUT2D eigenvalue weighted by Crippen LogP contribution is -2.57. The number of carbonyl (C=O) groups is 8. The molecule has 276 valence electrons. The van der Waals surface area contributed by atoms with Gasteiger partial charge in [-0.15, -0.1) is 0 Å². The number of carboxylic acid groups (broad SMARTS) is 6. The molecule has 1 unspecified atom stereocenters. The lowest BCUT2D eigenvalue weighted by Gasteiger charge is -2.33. The lowest BCUT2D eigenvalue weighted by atomic mass is 10.0. The summed E-state index contributed by atoms with van der Waals surface area (Å²) in [6.45, 7) is -6.44. The topological polar surface area (TPSA) is 292 Å². The van der Waals surface area contributed by atoms with Gasteiger partial charge >= 0.3 is 35.8 Å². The van der Waals surface area contributed by atoms with Crippen molar-refractivity contribution < 1.29 is 69.0 Å². The zero-order valence-electron chi connectivity index (χ0n) is 27.2. The van der Waals surface area contributed by atoms with Crippen LogP contribution >= 0.6 is 0 Å². The lowest BCUT2D eigenvalue weighted by molar-refractivity contribution is -0.146. The van der Waals surface area contributed by atoms with Gasteiger partial charge in [0, 0.05) is 26.1 Å². The fourth-order valence-corrected chi connectivity index (χ4v) is 4.97. The molecular weight excluding hydrogens is 678 g/mol. The maximum Gasteiger partial charge on any atom is 0.326 e. The first kappa shape index (κ1) is 41.3. The predicted octanol–water partition coefficient (Wildman–Crippen LogP) is -1.72. The molecule has 2 aromatic rings. The van der Waals surface area contributed by atoms with E-state index in [4.69, 9.17) is 10.2 Å². The zero-order chi connectivity index (χ0) is 38.1. The minimum Gasteiger partial charge on any atom is -0.480 e. The molecule has 0 spiro atoms. The summed E-state index contributed by atoms with van der Waals surface area (Å²) in [5, 5.41) is 60.7. The van der Waals surface area contributed by atoms with E-state index < -0.39 is 106 Å². The van der Waals surface area contributed by atoms with Gasteiger partial charge in [0.15, 0.2) is 0 Å². The van der Waals surface area contributed by atoms with E-state index in [0.29, 0.717) is 10.5 Å². The van der Waals surface area contributed by atoms with Crippen LogP contribution in [0.5, 0.6) is 0 Å². The average molecular weight is 718 g/mol. The van der Waals surface area contributed by atoms with Crippen molar-refractivity contribution in [2.24, 2.45) is 0 Å². The maximum absolute atomic E-state index is 13.4. The normalized spacial score (nSPS) is 12.2. The Balaban J connectivity index is 2.21. The Kier molecular flexibility index (Phi) is 16.6. The van der Waals surface area contributed by atoms with Gasteiger partial charge in [-0.05, 0) is 16.7 Å². The van der Waals surface area contributed by atoms with E-state index in [1.54, 1.807) is 24.3 Å². The van der Waals surface area contributed by atoms with Gasteiger partial charge in [-0.3, -0.25) is 48.3 Å². The van der Waals surface area contributed by atoms with Crippen molar-refractivity contribution in [3.63, 3.8) is 0 Å². The number of carbonyl (C=O) groups excluding carboxylic acids is 2. The van der Waals surface area contributed by atoms with E-state index in [0.717, 1.165) is 20.9 Å². The molecule has 19 heteroatoms. The summed E-state index contributed by atoms with van der Waals surface area (Å²) >= 11 is 0. The van der Waals surface area contributed by atoms with Crippen LogP contribution in [-0.2, 0) is 44.8 Å². The number of carboxylic acids is 6. The molecule has 0 radical (unpaired) electrons. The molecule has 2 rings (SSSR count). The van der Waals surface area contributed by atoms with Gasteiger partial charge in [0.25, 0.3) is 0 Å². The van der Waals surface area contributed by atoms with E-state index >= 15 is 0 Å². The van der Waals surface area contributed by atoms with Crippen LogP contribution in [0.2, 0.25) is 0 Å². The van der Waals surface area contributed by atoms with E-state index in [1.807, 2.05) is 30.3 Å². The van der Waals surface area contributed by atoms with Crippen LogP contribution in [0.15, 0.2) is 54.6 Å². The Morgan fingerprint density at radius 2 is 1.06 bits per heavy atom. The Morgan fingerprint density at radius 1 is 0.588 bits per heavy atom. The minimum absolute atomic E-state index is 0.122. The van der Waals surface area contributed by atoms with Gasteiger partial charge < -0.3 is 41.3 Å².